The van der Waals surface area contributed by atoms with Gasteiger partial charge in [0.1, 0.15) is 6.42 Å². The lowest BCUT2D eigenvalue weighted by atomic mass is 9.68. The van der Waals surface area contributed by atoms with Crippen LogP contribution in [0.3, 0.4) is 0 Å². The highest BCUT2D eigenvalue weighted by atomic mass is 16.6. The fraction of sp³-hybridized carbons (Fsp3) is 0.818. The minimum Gasteiger partial charge on any atom is -0.481 e. The van der Waals surface area contributed by atoms with E-state index in [0.717, 1.165) is 51.4 Å². The second kappa shape index (κ2) is 20.8. The predicted octanol–water partition coefficient (Wildman–Crippen LogP) is 5.44. The van der Waals surface area contributed by atoms with E-state index in [4.69, 9.17) is 29.2 Å². The first-order chi connectivity index (χ1) is 20.9. The van der Waals surface area contributed by atoms with Crippen molar-refractivity contribution in [1.82, 2.24) is 0 Å². The molecule has 0 amide bonds. The zero-order valence-electron chi connectivity index (χ0n) is 28.5. The molecule has 0 saturated heterocycles. The van der Waals surface area contributed by atoms with Gasteiger partial charge in [0.15, 0.2) is 11.8 Å². The molecular weight excluding hydrogens is 588 g/mol. The van der Waals surface area contributed by atoms with Gasteiger partial charge in [0.2, 0.25) is 0 Å². The van der Waals surface area contributed by atoms with E-state index in [2.05, 4.69) is 27.7 Å². The molecule has 2 aliphatic carbocycles. The summed E-state index contributed by atoms with van der Waals surface area (Å²) in [5.41, 5.74) is 0.361. The first-order valence-corrected chi connectivity index (χ1v) is 16.0. The van der Waals surface area contributed by atoms with E-state index in [1.54, 1.807) is 27.7 Å². The van der Waals surface area contributed by atoms with Gasteiger partial charge in [-0.05, 0) is 88.9 Å². The predicted molar refractivity (Wildman–Crippen MR) is 165 cm³/mol. The molecule has 0 bridgehead atoms. The van der Waals surface area contributed by atoms with Gasteiger partial charge in [-0.25, -0.2) is 0 Å². The molecule has 2 N–H and O–H groups in total. The van der Waals surface area contributed by atoms with Gasteiger partial charge in [-0.1, -0.05) is 40.5 Å². The van der Waals surface area contributed by atoms with Crippen LogP contribution in [0.2, 0.25) is 0 Å². The van der Waals surface area contributed by atoms with E-state index < -0.39 is 54.1 Å². The van der Waals surface area contributed by atoms with Crippen molar-refractivity contribution in [2.24, 2.45) is 34.5 Å². The molecule has 0 aromatic heterocycles. The van der Waals surface area contributed by atoms with Gasteiger partial charge in [-0.3, -0.25) is 28.8 Å². The van der Waals surface area contributed by atoms with Crippen molar-refractivity contribution in [3.05, 3.63) is 0 Å². The van der Waals surface area contributed by atoms with Crippen molar-refractivity contribution in [2.45, 2.75) is 113 Å². The SMILES string of the molecule is CCOC(=O)C(C(=O)OCC)C1CCCC(C)(C)C1.CCOC(=O)C(C(=O)OCC)C1CCCC(C)(C)C1.O=C(O)CC(=O)O. The second-order valence-electron chi connectivity index (χ2n) is 13.0. The summed E-state index contributed by atoms with van der Waals surface area (Å²) in [5, 5.41) is 15.4. The number of esters is 4. The normalized spacial score (nSPS) is 19.9. The summed E-state index contributed by atoms with van der Waals surface area (Å²) in [6.45, 7) is 17.0. The number of aliphatic carboxylic acids is 2. The monoisotopic (exact) mass is 644 g/mol. The maximum atomic E-state index is 12.0. The van der Waals surface area contributed by atoms with Crippen molar-refractivity contribution in [3.63, 3.8) is 0 Å². The lowest BCUT2D eigenvalue weighted by Gasteiger charge is -2.37. The molecule has 2 rings (SSSR count). The number of carboxylic acid groups (broad SMARTS) is 2. The van der Waals surface area contributed by atoms with Crippen LogP contribution < -0.4 is 0 Å². The summed E-state index contributed by atoms with van der Waals surface area (Å²) in [4.78, 5) is 67.0. The molecule has 45 heavy (non-hydrogen) atoms. The maximum Gasteiger partial charge on any atom is 0.320 e. The zero-order chi connectivity index (χ0) is 34.8. The molecule has 0 heterocycles. The number of hydrogen-bond donors (Lipinski definition) is 2. The van der Waals surface area contributed by atoms with Gasteiger partial charge >= 0.3 is 35.8 Å². The molecule has 0 aromatic rings. The Bertz CT molecular complexity index is 859. The topological polar surface area (TPSA) is 180 Å². The molecule has 2 aliphatic rings. The van der Waals surface area contributed by atoms with Crippen molar-refractivity contribution < 1.29 is 57.9 Å². The standard InChI is InChI=1S/2C15H26O4.C3H4O4/c2*1-5-18-13(16)12(14(17)19-6-2)11-8-7-9-15(3,4)10-11;4-2(5)1-3(6)7/h2*11-12H,5-10H2,1-4H3;1H2,(H,4,5)(H,6,7). The van der Waals surface area contributed by atoms with Gasteiger partial charge in [0, 0.05) is 0 Å². The third-order valence-corrected chi connectivity index (χ3v) is 7.89. The number of carbonyl (C=O) groups excluding carboxylic acids is 4. The van der Waals surface area contributed by atoms with Crippen molar-refractivity contribution in [3.8, 4) is 0 Å². The summed E-state index contributed by atoms with van der Waals surface area (Å²) in [5.74, 6) is -5.75. The van der Waals surface area contributed by atoms with Crippen LogP contribution >= 0.6 is 0 Å². The molecule has 260 valence electrons. The molecule has 0 radical (unpaired) electrons. The third kappa shape index (κ3) is 16.6. The lowest BCUT2D eigenvalue weighted by Crippen LogP contribution is -2.38. The molecule has 2 fully saturated rings. The summed E-state index contributed by atoms with van der Waals surface area (Å²) < 4.78 is 20.2. The number of carboxylic acids is 2. The van der Waals surface area contributed by atoms with Gasteiger partial charge in [0.25, 0.3) is 0 Å². The number of rotatable bonds is 12. The van der Waals surface area contributed by atoms with Crippen LogP contribution in [-0.2, 0) is 47.7 Å². The summed E-state index contributed by atoms with van der Waals surface area (Å²) in [6, 6.07) is 0. The van der Waals surface area contributed by atoms with Crippen LogP contribution in [0.5, 0.6) is 0 Å². The number of hydrogen-bond acceptors (Lipinski definition) is 10. The second-order valence-corrected chi connectivity index (χ2v) is 13.0. The molecule has 12 heteroatoms. The summed E-state index contributed by atoms with van der Waals surface area (Å²) >= 11 is 0. The van der Waals surface area contributed by atoms with Crippen LogP contribution in [0.25, 0.3) is 0 Å². The molecule has 0 aromatic carbocycles. The van der Waals surface area contributed by atoms with Crippen LogP contribution in [0.15, 0.2) is 0 Å². The smallest absolute Gasteiger partial charge is 0.320 e. The van der Waals surface area contributed by atoms with E-state index in [9.17, 15) is 28.8 Å². The van der Waals surface area contributed by atoms with Gasteiger partial charge in [-0.15, -0.1) is 0 Å². The van der Waals surface area contributed by atoms with Gasteiger partial charge in [-0.2, -0.15) is 0 Å². The quantitative estimate of drug-likeness (QED) is 0.156. The fourth-order valence-corrected chi connectivity index (χ4v) is 6.10. The highest BCUT2D eigenvalue weighted by Crippen LogP contribution is 2.43. The fourth-order valence-electron chi connectivity index (χ4n) is 6.10. The van der Waals surface area contributed by atoms with Crippen LogP contribution in [-0.4, -0.2) is 72.5 Å². The molecule has 0 spiro atoms. The average Bonchev–Trinajstić information content (AvgIpc) is 2.88. The van der Waals surface area contributed by atoms with Gasteiger partial charge in [0.05, 0.1) is 26.4 Å². The molecule has 2 saturated carbocycles. The van der Waals surface area contributed by atoms with E-state index in [1.807, 2.05) is 0 Å². The van der Waals surface area contributed by atoms with E-state index in [1.165, 1.54) is 0 Å². The Morgan fingerprint density at radius 1 is 0.578 bits per heavy atom. The first kappa shape index (κ1) is 41.8. The molecular formula is C33H56O12. The van der Waals surface area contributed by atoms with Crippen molar-refractivity contribution >= 4 is 35.8 Å². The van der Waals surface area contributed by atoms with Gasteiger partial charge < -0.3 is 29.2 Å². The van der Waals surface area contributed by atoms with E-state index in [0.29, 0.717) is 26.4 Å². The Morgan fingerprint density at radius 2 is 0.844 bits per heavy atom. The Balaban J connectivity index is 0.000000713. The van der Waals surface area contributed by atoms with E-state index >= 15 is 0 Å². The van der Waals surface area contributed by atoms with E-state index in [-0.39, 0.29) is 22.7 Å². The largest absolute Gasteiger partial charge is 0.481 e. The van der Waals surface area contributed by atoms with Crippen molar-refractivity contribution in [2.75, 3.05) is 26.4 Å². The van der Waals surface area contributed by atoms with Crippen LogP contribution in [0.1, 0.15) is 113 Å². The number of carbonyl (C=O) groups is 6. The number of ether oxygens (including phenoxy) is 4. The Kier molecular flexibility index (Phi) is 19.3. The first-order valence-electron chi connectivity index (χ1n) is 16.0. The Labute approximate surface area is 267 Å². The summed E-state index contributed by atoms with van der Waals surface area (Å²) in [6.07, 6.45) is 7.10. The zero-order valence-corrected chi connectivity index (χ0v) is 28.5. The Hall–Kier alpha value is -3.18. The molecule has 2 unspecified atom stereocenters. The van der Waals surface area contributed by atoms with Crippen LogP contribution in [0, 0.1) is 34.5 Å². The molecule has 12 nitrogen and oxygen atoms in total. The lowest BCUT2D eigenvalue weighted by molar-refractivity contribution is -0.167. The van der Waals surface area contributed by atoms with Crippen LogP contribution in [0.4, 0.5) is 0 Å². The Morgan fingerprint density at radius 3 is 1.02 bits per heavy atom. The highest BCUT2D eigenvalue weighted by Gasteiger charge is 2.43. The highest BCUT2D eigenvalue weighted by molar-refractivity contribution is 5.96. The molecule has 0 aliphatic heterocycles. The average molecular weight is 645 g/mol. The summed E-state index contributed by atoms with van der Waals surface area (Å²) in [7, 11) is 0. The molecule has 2 atom stereocenters. The maximum absolute atomic E-state index is 12.0. The third-order valence-electron chi connectivity index (χ3n) is 7.89. The minimum absolute atomic E-state index is 0.0434. The minimum atomic E-state index is -1.31. The van der Waals surface area contributed by atoms with Crippen molar-refractivity contribution in [1.29, 1.82) is 0 Å².